The number of nitrogens with zero attached hydrogens (tertiary/aromatic N) is 1. The lowest BCUT2D eigenvalue weighted by atomic mass is 10.0. The standard InChI is InChI=1S/C13H15FN2O4/c1-8-9(4-5-20-8)7-15-13(17)11-6-10(16(18)19)2-3-12(11)14/h2-3,6,8-9H,4-5,7H2,1H3,(H,15,17). The molecule has 2 rings (SSSR count). The Kier molecular flexibility index (Phi) is 4.29. The Hall–Kier alpha value is -2.02. The maximum Gasteiger partial charge on any atom is 0.270 e. The Morgan fingerprint density at radius 1 is 1.60 bits per heavy atom. The molecule has 1 heterocycles. The van der Waals surface area contributed by atoms with Crippen molar-refractivity contribution in [3.05, 3.63) is 39.7 Å². The van der Waals surface area contributed by atoms with Crippen molar-refractivity contribution in [1.82, 2.24) is 5.32 Å². The van der Waals surface area contributed by atoms with Crippen LogP contribution in [0.3, 0.4) is 0 Å². The average Bonchev–Trinajstić information content (AvgIpc) is 2.81. The number of non-ortho nitro benzene ring substituents is 1. The summed E-state index contributed by atoms with van der Waals surface area (Å²) in [4.78, 5) is 21.9. The van der Waals surface area contributed by atoms with Crippen molar-refractivity contribution in [1.29, 1.82) is 0 Å². The number of ether oxygens (including phenoxy) is 1. The normalized spacial score (nSPS) is 21.7. The molecule has 2 unspecified atom stereocenters. The van der Waals surface area contributed by atoms with E-state index in [1.54, 1.807) is 0 Å². The molecule has 1 amide bonds. The summed E-state index contributed by atoms with van der Waals surface area (Å²) in [5.74, 6) is -1.24. The van der Waals surface area contributed by atoms with Gasteiger partial charge in [-0.2, -0.15) is 0 Å². The fourth-order valence-electron chi connectivity index (χ4n) is 2.16. The molecule has 1 fully saturated rings. The van der Waals surface area contributed by atoms with E-state index in [1.807, 2.05) is 6.92 Å². The topological polar surface area (TPSA) is 81.5 Å². The molecule has 0 spiro atoms. The summed E-state index contributed by atoms with van der Waals surface area (Å²) in [6.45, 7) is 2.92. The zero-order chi connectivity index (χ0) is 14.7. The molecule has 6 nitrogen and oxygen atoms in total. The maximum atomic E-state index is 13.6. The van der Waals surface area contributed by atoms with Gasteiger partial charge in [0.2, 0.25) is 0 Å². The van der Waals surface area contributed by atoms with E-state index < -0.39 is 16.6 Å². The third-order valence-corrected chi connectivity index (χ3v) is 3.46. The predicted molar refractivity (Wildman–Crippen MR) is 68.9 cm³/mol. The van der Waals surface area contributed by atoms with Crippen LogP contribution in [0, 0.1) is 21.8 Å². The van der Waals surface area contributed by atoms with E-state index >= 15 is 0 Å². The largest absolute Gasteiger partial charge is 0.378 e. The highest BCUT2D eigenvalue weighted by Crippen LogP contribution is 2.20. The van der Waals surface area contributed by atoms with Crippen LogP contribution in [-0.2, 0) is 4.74 Å². The Bertz CT molecular complexity index is 535. The SMILES string of the molecule is CC1OCCC1CNC(=O)c1cc([N+](=O)[O-])ccc1F. The number of amides is 1. The molecule has 20 heavy (non-hydrogen) atoms. The monoisotopic (exact) mass is 282 g/mol. The van der Waals surface area contributed by atoms with Gasteiger partial charge in [-0.1, -0.05) is 0 Å². The van der Waals surface area contributed by atoms with E-state index in [1.165, 1.54) is 0 Å². The third kappa shape index (κ3) is 3.11. The van der Waals surface area contributed by atoms with Crippen molar-refractivity contribution in [2.75, 3.05) is 13.2 Å². The molecule has 1 N–H and O–H groups in total. The first-order valence-electron chi connectivity index (χ1n) is 6.33. The summed E-state index contributed by atoms with van der Waals surface area (Å²) >= 11 is 0. The molecule has 2 atom stereocenters. The Balaban J connectivity index is 2.05. The summed E-state index contributed by atoms with van der Waals surface area (Å²) in [6.07, 6.45) is 0.879. The molecule has 1 aromatic carbocycles. The number of hydrogen-bond donors (Lipinski definition) is 1. The number of halogens is 1. The van der Waals surface area contributed by atoms with Crippen LogP contribution in [0.5, 0.6) is 0 Å². The number of carbonyl (C=O) groups is 1. The fraction of sp³-hybridized carbons (Fsp3) is 0.462. The van der Waals surface area contributed by atoms with E-state index in [4.69, 9.17) is 4.74 Å². The number of hydrogen-bond acceptors (Lipinski definition) is 4. The predicted octanol–water partition coefficient (Wildman–Crippen LogP) is 1.89. The second-order valence-corrected chi connectivity index (χ2v) is 4.76. The van der Waals surface area contributed by atoms with Crippen LogP contribution in [0.25, 0.3) is 0 Å². The third-order valence-electron chi connectivity index (χ3n) is 3.46. The quantitative estimate of drug-likeness (QED) is 0.675. The molecule has 1 saturated heterocycles. The molecular weight excluding hydrogens is 267 g/mol. The lowest BCUT2D eigenvalue weighted by Gasteiger charge is -2.14. The lowest BCUT2D eigenvalue weighted by Crippen LogP contribution is -2.32. The fourth-order valence-corrected chi connectivity index (χ4v) is 2.16. The van der Waals surface area contributed by atoms with Gasteiger partial charge in [-0.15, -0.1) is 0 Å². The van der Waals surface area contributed by atoms with Gasteiger partial charge < -0.3 is 10.1 Å². The van der Waals surface area contributed by atoms with Crippen LogP contribution < -0.4 is 5.32 Å². The lowest BCUT2D eigenvalue weighted by molar-refractivity contribution is -0.384. The van der Waals surface area contributed by atoms with Gasteiger partial charge in [0.25, 0.3) is 11.6 Å². The highest BCUT2D eigenvalue weighted by atomic mass is 19.1. The van der Waals surface area contributed by atoms with Gasteiger partial charge in [0.15, 0.2) is 0 Å². The number of nitro groups is 1. The van der Waals surface area contributed by atoms with Crippen molar-refractivity contribution >= 4 is 11.6 Å². The molecule has 0 saturated carbocycles. The van der Waals surface area contributed by atoms with Gasteiger partial charge in [0.1, 0.15) is 5.82 Å². The summed E-state index contributed by atoms with van der Waals surface area (Å²) < 4.78 is 18.9. The van der Waals surface area contributed by atoms with E-state index in [9.17, 15) is 19.3 Å². The van der Waals surface area contributed by atoms with Crippen LogP contribution in [0.1, 0.15) is 23.7 Å². The molecular formula is C13H15FN2O4. The maximum absolute atomic E-state index is 13.6. The average molecular weight is 282 g/mol. The molecule has 108 valence electrons. The van der Waals surface area contributed by atoms with Crippen LogP contribution in [-0.4, -0.2) is 30.1 Å². The zero-order valence-electron chi connectivity index (χ0n) is 11.0. The number of carbonyl (C=O) groups excluding carboxylic acids is 1. The Morgan fingerprint density at radius 3 is 2.95 bits per heavy atom. The van der Waals surface area contributed by atoms with Crippen molar-refractivity contribution in [3.63, 3.8) is 0 Å². The van der Waals surface area contributed by atoms with E-state index in [0.717, 1.165) is 24.6 Å². The zero-order valence-corrected chi connectivity index (χ0v) is 11.0. The molecule has 0 aliphatic carbocycles. The van der Waals surface area contributed by atoms with Crippen molar-refractivity contribution in [2.24, 2.45) is 5.92 Å². The summed E-state index contributed by atoms with van der Waals surface area (Å²) in [7, 11) is 0. The van der Waals surface area contributed by atoms with Gasteiger partial charge in [-0.05, 0) is 19.4 Å². The second-order valence-electron chi connectivity index (χ2n) is 4.76. The summed E-state index contributed by atoms with van der Waals surface area (Å²) in [6, 6.07) is 2.90. The molecule has 0 aromatic heterocycles. The van der Waals surface area contributed by atoms with Crippen LogP contribution >= 0.6 is 0 Å². The van der Waals surface area contributed by atoms with Crippen molar-refractivity contribution in [2.45, 2.75) is 19.4 Å². The first-order valence-corrected chi connectivity index (χ1v) is 6.33. The molecule has 1 aromatic rings. The first-order chi connectivity index (χ1) is 9.49. The van der Waals surface area contributed by atoms with E-state index in [2.05, 4.69) is 5.32 Å². The van der Waals surface area contributed by atoms with E-state index in [0.29, 0.717) is 13.2 Å². The Labute approximate surface area is 115 Å². The minimum absolute atomic E-state index is 0.0465. The number of nitrogens with one attached hydrogen (secondary N) is 1. The minimum atomic E-state index is -0.774. The van der Waals surface area contributed by atoms with Gasteiger partial charge in [-0.25, -0.2) is 4.39 Å². The molecule has 0 bridgehead atoms. The van der Waals surface area contributed by atoms with Gasteiger partial charge >= 0.3 is 0 Å². The second kappa shape index (κ2) is 5.96. The number of benzene rings is 1. The van der Waals surface area contributed by atoms with Gasteiger partial charge in [-0.3, -0.25) is 14.9 Å². The first kappa shape index (κ1) is 14.4. The molecule has 0 radical (unpaired) electrons. The van der Waals surface area contributed by atoms with Gasteiger partial charge in [0.05, 0.1) is 16.6 Å². The van der Waals surface area contributed by atoms with Crippen LogP contribution in [0.4, 0.5) is 10.1 Å². The van der Waals surface area contributed by atoms with Gasteiger partial charge in [0, 0.05) is 31.2 Å². The highest BCUT2D eigenvalue weighted by molar-refractivity contribution is 5.95. The molecule has 7 heteroatoms. The van der Waals surface area contributed by atoms with E-state index in [-0.39, 0.29) is 23.3 Å². The molecule has 1 aliphatic heterocycles. The minimum Gasteiger partial charge on any atom is -0.378 e. The number of rotatable bonds is 4. The van der Waals surface area contributed by atoms with Crippen LogP contribution in [0.15, 0.2) is 18.2 Å². The van der Waals surface area contributed by atoms with Crippen molar-refractivity contribution in [3.8, 4) is 0 Å². The Morgan fingerprint density at radius 2 is 2.35 bits per heavy atom. The smallest absolute Gasteiger partial charge is 0.270 e. The number of nitro benzene ring substituents is 1. The molecule has 1 aliphatic rings. The van der Waals surface area contributed by atoms with Crippen LogP contribution in [0.2, 0.25) is 0 Å². The summed E-state index contributed by atoms with van der Waals surface area (Å²) in [5, 5.41) is 13.2. The van der Waals surface area contributed by atoms with Crippen molar-refractivity contribution < 1.29 is 18.8 Å². The highest BCUT2D eigenvalue weighted by Gasteiger charge is 2.25. The summed E-state index contributed by atoms with van der Waals surface area (Å²) in [5.41, 5.74) is -0.625.